The molecule has 0 aromatic heterocycles. The van der Waals surface area contributed by atoms with E-state index in [1.165, 1.54) is 0 Å². The van der Waals surface area contributed by atoms with Gasteiger partial charge in [-0.05, 0) is 38.0 Å². The molecule has 0 aliphatic heterocycles. The predicted molar refractivity (Wildman–Crippen MR) is 49.8 cm³/mol. The molecule has 0 unspecified atom stereocenters. The zero-order valence-corrected chi connectivity index (χ0v) is 8.32. The van der Waals surface area contributed by atoms with E-state index in [1.807, 2.05) is 0 Å². The molecule has 0 amide bonds. The minimum atomic E-state index is -3.98. The lowest BCUT2D eigenvalue weighted by Gasteiger charge is -2.26. The number of alkyl halides is 3. The monoisotopic (exact) mass is 209 g/mol. The summed E-state index contributed by atoms with van der Waals surface area (Å²) < 4.78 is 35.6. The molecule has 0 heterocycles. The van der Waals surface area contributed by atoms with Gasteiger partial charge in [-0.15, -0.1) is 0 Å². The van der Waals surface area contributed by atoms with Crippen LogP contribution < -0.4 is 5.73 Å². The number of halogens is 3. The van der Waals surface area contributed by atoms with Crippen molar-refractivity contribution in [1.82, 2.24) is 0 Å². The first kappa shape index (κ1) is 11.8. The first-order chi connectivity index (χ1) is 6.47. The molecule has 0 atom stereocenters. The van der Waals surface area contributed by atoms with Crippen LogP contribution in [0.1, 0.15) is 44.9 Å². The number of nitrogens with two attached hydrogens (primary N) is 1. The van der Waals surface area contributed by atoms with Gasteiger partial charge < -0.3 is 5.73 Å². The van der Waals surface area contributed by atoms with E-state index in [4.69, 9.17) is 5.73 Å². The maximum atomic E-state index is 11.9. The molecule has 1 aliphatic carbocycles. The van der Waals surface area contributed by atoms with Crippen molar-refractivity contribution in [3.8, 4) is 0 Å². The second kappa shape index (κ2) is 5.01. The van der Waals surface area contributed by atoms with E-state index in [1.54, 1.807) is 0 Å². The Kier molecular flexibility index (Phi) is 4.23. The number of hydrogen-bond acceptors (Lipinski definition) is 1. The zero-order chi connectivity index (χ0) is 10.6. The topological polar surface area (TPSA) is 26.0 Å². The van der Waals surface area contributed by atoms with E-state index in [0.29, 0.717) is 12.3 Å². The smallest absolute Gasteiger partial charge is 0.328 e. The first-order valence-electron chi connectivity index (χ1n) is 5.30. The van der Waals surface area contributed by atoms with Crippen molar-refractivity contribution in [2.75, 3.05) is 0 Å². The Balaban J connectivity index is 2.08. The molecule has 0 aromatic rings. The van der Waals surface area contributed by atoms with Crippen LogP contribution >= 0.6 is 0 Å². The SMILES string of the molecule is NC1CCC(CCCC(F)(F)F)CC1. The molecule has 84 valence electrons. The van der Waals surface area contributed by atoms with Gasteiger partial charge in [-0.1, -0.05) is 6.42 Å². The fourth-order valence-electron chi connectivity index (χ4n) is 2.07. The third-order valence-corrected chi connectivity index (χ3v) is 2.96. The van der Waals surface area contributed by atoms with Crippen LogP contribution in [0.5, 0.6) is 0 Å². The molecule has 0 bridgehead atoms. The maximum absolute atomic E-state index is 11.9. The lowest BCUT2D eigenvalue weighted by Crippen LogP contribution is -2.26. The lowest BCUT2D eigenvalue weighted by molar-refractivity contribution is -0.136. The normalized spacial score (nSPS) is 29.1. The Morgan fingerprint density at radius 2 is 1.64 bits per heavy atom. The highest BCUT2D eigenvalue weighted by Gasteiger charge is 2.27. The maximum Gasteiger partial charge on any atom is 0.389 e. The molecule has 14 heavy (non-hydrogen) atoms. The van der Waals surface area contributed by atoms with Gasteiger partial charge >= 0.3 is 6.18 Å². The van der Waals surface area contributed by atoms with Crippen LogP contribution in [-0.4, -0.2) is 12.2 Å². The quantitative estimate of drug-likeness (QED) is 0.758. The molecule has 1 aliphatic rings. The molecular formula is C10H18F3N. The van der Waals surface area contributed by atoms with Gasteiger partial charge in [0.05, 0.1) is 0 Å². The van der Waals surface area contributed by atoms with Crippen molar-refractivity contribution in [2.24, 2.45) is 11.7 Å². The van der Waals surface area contributed by atoms with Gasteiger partial charge in [0.1, 0.15) is 0 Å². The van der Waals surface area contributed by atoms with Crippen LogP contribution in [0.25, 0.3) is 0 Å². The molecule has 0 spiro atoms. The summed E-state index contributed by atoms with van der Waals surface area (Å²) >= 11 is 0. The van der Waals surface area contributed by atoms with Gasteiger partial charge in [0, 0.05) is 12.5 Å². The van der Waals surface area contributed by atoms with E-state index >= 15 is 0 Å². The standard InChI is InChI=1S/C10H18F3N/c11-10(12,13)7-1-2-8-3-5-9(14)6-4-8/h8-9H,1-7,14H2. The van der Waals surface area contributed by atoms with Crippen LogP contribution in [0.15, 0.2) is 0 Å². The van der Waals surface area contributed by atoms with Crippen LogP contribution in [0.4, 0.5) is 13.2 Å². The van der Waals surface area contributed by atoms with Crippen LogP contribution in [-0.2, 0) is 0 Å². The van der Waals surface area contributed by atoms with Gasteiger partial charge in [-0.25, -0.2) is 0 Å². The molecule has 0 radical (unpaired) electrons. The van der Waals surface area contributed by atoms with Crippen molar-refractivity contribution in [3.05, 3.63) is 0 Å². The fourth-order valence-corrected chi connectivity index (χ4v) is 2.07. The van der Waals surface area contributed by atoms with Crippen LogP contribution in [0.2, 0.25) is 0 Å². The largest absolute Gasteiger partial charge is 0.389 e. The van der Waals surface area contributed by atoms with Crippen molar-refractivity contribution >= 4 is 0 Å². The Morgan fingerprint density at radius 3 is 2.14 bits per heavy atom. The average Bonchev–Trinajstić information content (AvgIpc) is 2.06. The molecule has 1 nitrogen and oxygen atoms in total. The molecular weight excluding hydrogens is 191 g/mol. The number of hydrogen-bond donors (Lipinski definition) is 1. The predicted octanol–water partition coefficient (Wildman–Crippen LogP) is 3.24. The Morgan fingerprint density at radius 1 is 1.07 bits per heavy atom. The van der Waals surface area contributed by atoms with Crippen molar-refractivity contribution < 1.29 is 13.2 Å². The Bertz CT molecular complexity index is 159. The molecule has 2 N–H and O–H groups in total. The molecule has 1 saturated carbocycles. The van der Waals surface area contributed by atoms with Crippen LogP contribution in [0, 0.1) is 5.92 Å². The Hall–Kier alpha value is -0.250. The van der Waals surface area contributed by atoms with Gasteiger partial charge in [0.15, 0.2) is 0 Å². The highest BCUT2D eigenvalue weighted by Crippen LogP contribution is 2.30. The van der Waals surface area contributed by atoms with Crippen molar-refractivity contribution in [3.63, 3.8) is 0 Å². The minimum absolute atomic E-state index is 0.281. The minimum Gasteiger partial charge on any atom is -0.328 e. The van der Waals surface area contributed by atoms with E-state index in [-0.39, 0.29) is 12.5 Å². The first-order valence-corrected chi connectivity index (χ1v) is 5.30. The highest BCUT2D eigenvalue weighted by molar-refractivity contribution is 4.74. The van der Waals surface area contributed by atoms with E-state index in [2.05, 4.69) is 0 Å². The summed E-state index contributed by atoms with van der Waals surface area (Å²) in [6.45, 7) is 0. The Labute approximate surface area is 82.9 Å². The molecule has 0 saturated heterocycles. The van der Waals surface area contributed by atoms with Crippen molar-refractivity contribution in [1.29, 1.82) is 0 Å². The van der Waals surface area contributed by atoms with Crippen molar-refractivity contribution in [2.45, 2.75) is 57.2 Å². The second-order valence-corrected chi connectivity index (χ2v) is 4.29. The molecule has 4 heteroatoms. The average molecular weight is 209 g/mol. The van der Waals surface area contributed by atoms with Gasteiger partial charge in [-0.2, -0.15) is 13.2 Å². The summed E-state index contributed by atoms with van der Waals surface area (Å²) in [6, 6.07) is 0.286. The van der Waals surface area contributed by atoms with Gasteiger partial charge in [-0.3, -0.25) is 0 Å². The van der Waals surface area contributed by atoms with E-state index in [9.17, 15) is 13.2 Å². The summed E-state index contributed by atoms with van der Waals surface area (Å²) in [4.78, 5) is 0. The van der Waals surface area contributed by atoms with E-state index in [0.717, 1.165) is 25.7 Å². The summed E-state index contributed by atoms with van der Waals surface area (Å²) in [6.07, 6.45) is 0.377. The fraction of sp³-hybridized carbons (Fsp3) is 1.00. The zero-order valence-electron chi connectivity index (χ0n) is 8.32. The summed E-state index contributed by atoms with van der Waals surface area (Å²) in [5.41, 5.74) is 5.71. The molecule has 1 rings (SSSR count). The van der Waals surface area contributed by atoms with Gasteiger partial charge in [0.2, 0.25) is 0 Å². The third kappa shape index (κ3) is 4.84. The number of rotatable bonds is 3. The van der Waals surface area contributed by atoms with Gasteiger partial charge in [0.25, 0.3) is 0 Å². The highest BCUT2D eigenvalue weighted by atomic mass is 19.4. The summed E-state index contributed by atoms with van der Waals surface area (Å²) in [5, 5.41) is 0. The summed E-state index contributed by atoms with van der Waals surface area (Å²) in [7, 11) is 0. The third-order valence-electron chi connectivity index (χ3n) is 2.96. The van der Waals surface area contributed by atoms with Crippen LogP contribution in [0.3, 0.4) is 0 Å². The second-order valence-electron chi connectivity index (χ2n) is 4.29. The molecule has 0 aromatic carbocycles. The summed E-state index contributed by atoms with van der Waals surface area (Å²) in [5.74, 6) is 0.483. The molecule has 1 fully saturated rings. The lowest BCUT2D eigenvalue weighted by atomic mass is 9.83. The van der Waals surface area contributed by atoms with E-state index < -0.39 is 12.6 Å².